The number of rotatable bonds is 9. The van der Waals surface area contributed by atoms with E-state index in [0.29, 0.717) is 22.7 Å². The van der Waals surface area contributed by atoms with Gasteiger partial charge in [-0.1, -0.05) is 17.4 Å². The van der Waals surface area contributed by atoms with Gasteiger partial charge in [-0.2, -0.15) is 79.0 Å². The number of thiazole rings is 2. The maximum Gasteiger partial charge on any atom is 2.00 e. The van der Waals surface area contributed by atoms with E-state index in [0.717, 1.165) is 12.1 Å². The van der Waals surface area contributed by atoms with Gasteiger partial charge in [0.15, 0.2) is 0 Å². The number of halogens is 18. The molecule has 1 aromatic carbocycles. The molecule has 0 unspecified atom stereocenters. The van der Waals surface area contributed by atoms with Gasteiger partial charge in [-0.15, -0.1) is 11.3 Å². The number of carbonyl (C=O) groups excluding carboxylic acids is 2. The Bertz CT molecular complexity index is 2480. The third-order valence-corrected chi connectivity index (χ3v) is 9.86. The van der Waals surface area contributed by atoms with Crippen LogP contribution in [0.1, 0.15) is 23.2 Å². The van der Waals surface area contributed by atoms with Crippen LogP contribution in [0.5, 0.6) is 5.06 Å². The molecule has 3 aromatic heterocycles. The summed E-state index contributed by atoms with van der Waals surface area (Å²) in [5.74, 6) is -27.7. The van der Waals surface area contributed by atoms with Gasteiger partial charge in [0.1, 0.15) is 15.7 Å². The molecule has 0 fully saturated rings. The summed E-state index contributed by atoms with van der Waals surface area (Å²) in [5.41, 5.74) is -4.12. The number of nitro benzene ring substituents is 1. The van der Waals surface area contributed by atoms with E-state index < -0.39 is 104 Å². The third-order valence-electron chi connectivity index (χ3n) is 7.65. The van der Waals surface area contributed by atoms with Crippen molar-refractivity contribution in [3.05, 3.63) is 98.7 Å². The van der Waals surface area contributed by atoms with Gasteiger partial charge in [0, 0.05) is 23.9 Å². The number of carbonyl (C=O) groups is 2. The monoisotopic (exact) mass is 1070 g/mol. The predicted octanol–water partition coefficient (Wildman–Crippen LogP) is 9.62. The number of ketones is 2. The first-order valence-electron chi connectivity index (χ1n) is 16.7. The van der Waals surface area contributed by atoms with Crippen LogP contribution in [0.3, 0.4) is 0 Å². The molecule has 3 heterocycles. The number of ether oxygens (including phenoxy) is 1. The van der Waals surface area contributed by atoms with Crippen molar-refractivity contribution in [3.8, 4) is 26.3 Å². The first-order valence-corrected chi connectivity index (χ1v) is 18.3. The van der Waals surface area contributed by atoms with Crippen LogP contribution in [-0.2, 0) is 26.7 Å². The molecule has 67 heavy (non-hydrogen) atoms. The summed E-state index contributed by atoms with van der Waals surface area (Å²) in [4.78, 5) is 41.7. The zero-order valence-corrected chi connectivity index (χ0v) is 34.6. The van der Waals surface area contributed by atoms with E-state index in [1.54, 1.807) is 12.1 Å². The third kappa shape index (κ3) is 13.0. The molecule has 0 saturated carbocycles. The van der Waals surface area contributed by atoms with E-state index in [-0.39, 0.29) is 61.4 Å². The van der Waals surface area contributed by atoms with Crippen LogP contribution in [0.4, 0.5) is 84.7 Å². The second-order valence-corrected chi connectivity index (χ2v) is 14.2. The molecule has 4 aromatic rings. The minimum Gasteiger partial charge on any atom is -0.869 e. The maximum absolute atomic E-state index is 15.5. The zero-order chi connectivity index (χ0) is 50.8. The van der Waals surface area contributed by atoms with E-state index >= 15 is 17.6 Å². The number of nitro groups is 1. The molecule has 0 saturated heterocycles. The molecule has 1 aliphatic rings. The Labute approximate surface area is 378 Å². The predicted molar refractivity (Wildman–Crippen MR) is 188 cm³/mol. The molecule has 0 atom stereocenters. The molecule has 0 amide bonds. The molecule has 5 rings (SSSR count). The van der Waals surface area contributed by atoms with E-state index in [1.165, 1.54) is 38.2 Å². The van der Waals surface area contributed by atoms with E-state index in [4.69, 9.17) is 4.74 Å². The van der Waals surface area contributed by atoms with Crippen LogP contribution in [0.15, 0.2) is 72.3 Å². The summed E-state index contributed by atoms with van der Waals surface area (Å²) in [6.07, 6.45) is -22.5. The number of nitrogens with zero attached hydrogens (tertiary/aromatic N) is 4. The molecule has 0 aliphatic heterocycles. The Hall–Kier alpha value is -5.75. The van der Waals surface area contributed by atoms with Gasteiger partial charge in [0.25, 0.3) is 17.3 Å². The summed E-state index contributed by atoms with van der Waals surface area (Å²) in [6.45, 7) is 2.63. The summed E-state index contributed by atoms with van der Waals surface area (Å²) in [7, 11) is 0. The van der Waals surface area contributed by atoms with Crippen molar-refractivity contribution in [2.45, 2.75) is 56.3 Å². The summed E-state index contributed by atoms with van der Waals surface area (Å²) in [5, 5.41) is 30.3. The SMILES string of the molecule is CCOc1sc(-c2ccc([N+](=O)[O-])cc2)nc1C1=C(c2sc(-c3ccccn3)nc2C)C(F)(F)C(F)(F)C1(F)F.O=C(/C=C(\[O-])C(F)(F)F)C(F)(F)F.O=C(/C=C(\[O-])C(F)(F)F)C(F)(F)F.[Cu+2]. The molecule has 11 nitrogen and oxygen atoms in total. The minimum absolute atomic E-state index is 0. The van der Waals surface area contributed by atoms with Crippen LogP contribution >= 0.6 is 22.7 Å². The second kappa shape index (κ2) is 20.6. The summed E-state index contributed by atoms with van der Waals surface area (Å²) < 4.78 is 233. The molecule has 0 spiro atoms. The van der Waals surface area contributed by atoms with Crippen molar-refractivity contribution >= 4 is 51.1 Å². The Morgan fingerprint density at radius 1 is 0.716 bits per heavy atom. The Morgan fingerprint density at radius 3 is 1.60 bits per heavy atom. The van der Waals surface area contributed by atoms with Gasteiger partial charge in [-0.05, 0) is 61.8 Å². The summed E-state index contributed by atoms with van der Waals surface area (Å²) in [6, 6.07) is 9.51. The first-order chi connectivity index (χ1) is 29.9. The van der Waals surface area contributed by atoms with Gasteiger partial charge in [0.05, 0.1) is 38.9 Å². The number of aryl methyl sites for hydroxylation is 1. The number of allylic oxidation sites excluding steroid dienone is 6. The van der Waals surface area contributed by atoms with Crippen LogP contribution < -0.4 is 14.9 Å². The number of non-ortho nitro benzene ring substituents is 1. The normalized spacial score (nSPS) is 15.9. The van der Waals surface area contributed by atoms with Gasteiger partial charge in [-0.25, -0.2) is 9.97 Å². The quantitative estimate of drug-likeness (QED) is 0.0393. The Morgan fingerprint density at radius 2 is 1.19 bits per heavy atom. The van der Waals surface area contributed by atoms with Crippen molar-refractivity contribution in [1.82, 2.24) is 15.0 Å². The summed E-state index contributed by atoms with van der Waals surface area (Å²) >= 11 is 1.19. The van der Waals surface area contributed by atoms with Crippen molar-refractivity contribution in [3.63, 3.8) is 0 Å². The average molecular weight is 1080 g/mol. The fourth-order valence-corrected chi connectivity index (χ4v) is 6.80. The largest absolute Gasteiger partial charge is 2.00 e. The number of alkyl halides is 18. The van der Waals surface area contributed by atoms with Crippen molar-refractivity contribution in [2.75, 3.05) is 6.61 Å². The van der Waals surface area contributed by atoms with Gasteiger partial charge >= 0.3 is 59.5 Å². The molecular weight excluding hydrogens is 1060 g/mol. The molecule has 369 valence electrons. The Balaban J connectivity index is 0.000000470. The average Bonchev–Trinajstić information content (AvgIpc) is 3.81. The molecule has 0 bridgehead atoms. The van der Waals surface area contributed by atoms with Crippen LogP contribution in [0.25, 0.3) is 32.4 Å². The standard InChI is InChI=1S/C25H16F6N4O3S2.2C5H2F6O2.Cu/c1-3-38-22-18(34-20(40-22)13-7-9-14(10-8-13)35(36)37)16-17(24(28,29)25(30,31)23(16,26)27)19-12(2)33-21(39-19)15-6-4-5-11-32-15;2*6-4(7,8)2(12)1-3(13)5(9,10)11;/h4-11H,3H2,1-2H3;2*1,12H;/q;;;+2/p-2/b;2*2-1-;. The van der Waals surface area contributed by atoms with Crippen molar-refractivity contribution in [2.24, 2.45) is 0 Å². The van der Waals surface area contributed by atoms with Crippen LogP contribution in [0, 0.1) is 17.0 Å². The maximum atomic E-state index is 15.5. The minimum atomic E-state index is -5.80. The zero-order valence-electron chi connectivity index (χ0n) is 32.0. The smallest absolute Gasteiger partial charge is 0.869 e. The molecule has 1 radical (unpaired) electrons. The fourth-order valence-electron chi connectivity index (χ4n) is 4.68. The fraction of sp³-hybridized carbons (Fsp3) is 0.286. The van der Waals surface area contributed by atoms with E-state index in [9.17, 15) is 91.4 Å². The number of hydrogen-bond acceptors (Lipinski definition) is 12. The van der Waals surface area contributed by atoms with E-state index in [2.05, 4.69) is 15.0 Å². The van der Waals surface area contributed by atoms with Crippen LogP contribution in [-0.4, -0.2) is 80.5 Å². The number of pyridine rings is 1. The topological polar surface area (TPSA) is 171 Å². The second-order valence-electron chi connectivity index (χ2n) is 12.3. The Kier molecular flexibility index (Phi) is 17.7. The first kappa shape index (κ1) is 57.4. The molecule has 32 heteroatoms. The molecular formula is C35H18CuF18N4O7S2. The molecule has 1 aliphatic carbocycles. The van der Waals surface area contributed by atoms with Crippen molar-refractivity contribution < 1.29 is 126 Å². The number of benzene rings is 1. The molecule has 0 N–H and O–H groups in total. The van der Waals surface area contributed by atoms with Gasteiger partial charge in [-0.3, -0.25) is 24.7 Å². The number of hydrogen-bond donors (Lipinski definition) is 0. The van der Waals surface area contributed by atoms with Crippen molar-refractivity contribution in [1.29, 1.82) is 0 Å². The number of aromatic nitrogens is 3. The van der Waals surface area contributed by atoms with Gasteiger partial charge < -0.3 is 14.9 Å². The van der Waals surface area contributed by atoms with Gasteiger partial charge in [0.2, 0.25) is 5.06 Å². The van der Waals surface area contributed by atoms with E-state index in [1.807, 2.05) is 0 Å². The van der Waals surface area contributed by atoms with Crippen LogP contribution in [0.2, 0.25) is 0 Å².